The lowest BCUT2D eigenvalue weighted by Gasteiger charge is -2.15. The molecule has 0 saturated carbocycles. The molecule has 0 nitrogen and oxygen atoms in total. The first kappa shape index (κ1) is 14.8. The maximum Gasteiger partial charge on any atom is -0.00296 e. The van der Waals surface area contributed by atoms with Crippen LogP contribution in [0.1, 0.15) is 38.8 Å². The topological polar surface area (TPSA) is 0 Å². The van der Waals surface area contributed by atoms with E-state index >= 15 is 0 Å². The molecule has 1 rings (SSSR count). The Morgan fingerprint density at radius 1 is 1.17 bits per heavy atom. The summed E-state index contributed by atoms with van der Waals surface area (Å²) in [5, 5.41) is 0. The Hall–Kier alpha value is -1.30. The fourth-order valence-electron chi connectivity index (χ4n) is 2.14. The van der Waals surface area contributed by atoms with Crippen LogP contribution in [-0.2, 0) is 6.42 Å². The Kier molecular flexibility index (Phi) is 5.40. The molecule has 0 aliphatic rings. The summed E-state index contributed by atoms with van der Waals surface area (Å²) in [6, 6.07) is 8.85. The Morgan fingerprint density at radius 2 is 1.72 bits per heavy atom. The van der Waals surface area contributed by atoms with Gasteiger partial charge in [0.05, 0.1) is 0 Å². The molecule has 0 bridgehead atoms. The van der Waals surface area contributed by atoms with Gasteiger partial charge in [-0.05, 0) is 44.6 Å². The molecular weight excluding hydrogens is 216 g/mol. The van der Waals surface area contributed by atoms with Crippen molar-refractivity contribution in [1.29, 1.82) is 0 Å². The average molecular weight is 242 g/mol. The highest BCUT2D eigenvalue weighted by atomic mass is 14.1. The van der Waals surface area contributed by atoms with Crippen LogP contribution in [0.3, 0.4) is 0 Å². The maximum absolute atomic E-state index is 4.04. The third kappa shape index (κ3) is 4.52. The summed E-state index contributed by atoms with van der Waals surface area (Å²) in [6.45, 7) is 15.0. The van der Waals surface area contributed by atoms with Crippen molar-refractivity contribution in [2.45, 2.75) is 41.0 Å². The van der Waals surface area contributed by atoms with E-state index in [9.17, 15) is 0 Å². The molecule has 0 spiro atoms. The molecule has 0 radical (unpaired) electrons. The number of hydrogen-bond acceptors (Lipinski definition) is 0. The fourth-order valence-corrected chi connectivity index (χ4v) is 2.14. The van der Waals surface area contributed by atoms with Crippen molar-refractivity contribution in [3.63, 3.8) is 0 Å². The van der Waals surface area contributed by atoms with Gasteiger partial charge in [-0.3, -0.25) is 0 Å². The average Bonchev–Trinajstić information content (AvgIpc) is 2.30. The van der Waals surface area contributed by atoms with Gasteiger partial charge >= 0.3 is 0 Å². The van der Waals surface area contributed by atoms with Crippen molar-refractivity contribution < 1.29 is 0 Å². The molecule has 0 fully saturated rings. The van der Waals surface area contributed by atoms with E-state index in [4.69, 9.17) is 0 Å². The second kappa shape index (κ2) is 6.58. The van der Waals surface area contributed by atoms with Gasteiger partial charge < -0.3 is 0 Å². The molecule has 0 heterocycles. The molecule has 0 N–H and O–H groups in total. The lowest BCUT2D eigenvalue weighted by Crippen LogP contribution is -2.02. The summed E-state index contributed by atoms with van der Waals surface area (Å²) in [6.07, 6.45) is 3.50. The van der Waals surface area contributed by atoms with E-state index in [1.807, 2.05) is 0 Å². The third-order valence-electron chi connectivity index (χ3n) is 3.65. The minimum Gasteiger partial charge on any atom is -0.0995 e. The summed E-state index contributed by atoms with van der Waals surface area (Å²) in [7, 11) is 0. The number of allylic oxidation sites excluding steroid dienone is 3. The molecule has 98 valence electrons. The van der Waals surface area contributed by atoms with Crippen LogP contribution in [0.25, 0.3) is 0 Å². The lowest BCUT2D eigenvalue weighted by molar-refractivity contribution is 0.694. The smallest absolute Gasteiger partial charge is 0.00296 e. The van der Waals surface area contributed by atoms with Crippen LogP contribution in [0, 0.1) is 18.8 Å². The molecule has 18 heavy (non-hydrogen) atoms. The summed E-state index contributed by atoms with van der Waals surface area (Å²) >= 11 is 0. The van der Waals surface area contributed by atoms with Crippen molar-refractivity contribution in [3.05, 3.63) is 59.2 Å². The van der Waals surface area contributed by atoms with Crippen molar-refractivity contribution in [2.75, 3.05) is 0 Å². The summed E-state index contributed by atoms with van der Waals surface area (Å²) < 4.78 is 0. The number of aryl methyl sites for hydroxylation is 1. The molecule has 0 amide bonds. The van der Waals surface area contributed by atoms with Crippen LogP contribution >= 0.6 is 0 Å². The number of hydrogen-bond donors (Lipinski definition) is 0. The first-order valence-corrected chi connectivity index (χ1v) is 6.79. The molecule has 0 heteroatoms. The Bertz CT molecular complexity index is 420. The van der Waals surface area contributed by atoms with Gasteiger partial charge in [-0.25, -0.2) is 0 Å². The van der Waals surface area contributed by atoms with Gasteiger partial charge in [0.25, 0.3) is 0 Å². The second-order valence-corrected chi connectivity index (χ2v) is 5.65. The van der Waals surface area contributed by atoms with Gasteiger partial charge in [0.1, 0.15) is 0 Å². The maximum atomic E-state index is 4.04. The molecular formula is C18H26. The fraction of sp³-hybridized carbons (Fsp3) is 0.444. The van der Waals surface area contributed by atoms with Gasteiger partial charge in [-0.2, -0.15) is 0 Å². The Morgan fingerprint density at radius 3 is 2.22 bits per heavy atom. The SMILES string of the molecule is C=C(C)C(C)/C(C)=C/C(C)Cc1ccc(C)cc1. The lowest BCUT2D eigenvalue weighted by atomic mass is 9.91. The van der Waals surface area contributed by atoms with Gasteiger partial charge in [0.15, 0.2) is 0 Å². The normalized spacial score (nSPS) is 15.3. The highest BCUT2D eigenvalue weighted by Crippen LogP contribution is 2.20. The van der Waals surface area contributed by atoms with E-state index in [0.29, 0.717) is 11.8 Å². The second-order valence-electron chi connectivity index (χ2n) is 5.65. The zero-order valence-electron chi connectivity index (χ0n) is 12.5. The van der Waals surface area contributed by atoms with Crippen LogP contribution in [0.5, 0.6) is 0 Å². The molecule has 0 saturated heterocycles. The molecule has 0 aliphatic carbocycles. The van der Waals surface area contributed by atoms with Crippen LogP contribution in [0.4, 0.5) is 0 Å². The molecule has 0 aliphatic heterocycles. The predicted molar refractivity (Wildman–Crippen MR) is 81.8 cm³/mol. The molecule has 2 atom stereocenters. The van der Waals surface area contributed by atoms with Crippen LogP contribution in [0.2, 0.25) is 0 Å². The standard InChI is InChI=1S/C18H26/c1-13(2)17(6)16(5)11-15(4)12-18-9-7-14(3)8-10-18/h7-11,15,17H,1,12H2,2-6H3/b16-11+. The summed E-state index contributed by atoms with van der Waals surface area (Å²) in [4.78, 5) is 0. The summed E-state index contributed by atoms with van der Waals surface area (Å²) in [5.74, 6) is 1.07. The van der Waals surface area contributed by atoms with Gasteiger partial charge in [0.2, 0.25) is 0 Å². The zero-order chi connectivity index (χ0) is 13.7. The van der Waals surface area contributed by atoms with Gasteiger partial charge in [-0.1, -0.05) is 67.5 Å². The van der Waals surface area contributed by atoms with E-state index in [-0.39, 0.29) is 0 Å². The van der Waals surface area contributed by atoms with E-state index in [2.05, 4.69) is 71.5 Å². The molecule has 1 aromatic rings. The largest absolute Gasteiger partial charge is 0.0995 e. The molecule has 0 aromatic heterocycles. The summed E-state index contributed by atoms with van der Waals surface area (Å²) in [5.41, 5.74) is 5.42. The van der Waals surface area contributed by atoms with Crippen molar-refractivity contribution in [2.24, 2.45) is 11.8 Å². The Balaban J connectivity index is 2.66. The molecule has 1 aromatic carbocycles. The van der Waals surface area contributed by atoms with Crippen molar-refractivity contribution in [3.8, 4) is 0 Å². The van der Waals surface area contributed by atoms with E-state index in [1.165, 1.54) is 22.3 Å². The van der Waals surface area contributed by atoms with E-state index in [1.54, 1.807) is 0 Å². The first-order chi connectivity index (χ1) is 8.40. The predicted octanol–water partition coefficient (Wildman–Crippen LogP) is 5.33. The van der Waals surface area contributed by atoms with Crippen LogP contribution in [-0.4, -0.2) is 0 Å². The monoisotopic (exact) mass is 242 g/mol. The van der Waals surface area contributed by atoms with Gasteiger partial charge in [0, 0.05) is 0 Å². The van der Waals surface area contributed by atoms with Gasteiger partial charge in [-0.15, -0.1) is 0 Å². The van der Waals surface area contributed by atoms with Crippen molar-refractivity contribution >= 4 is 0 Å². The molecule has 2 unspecified atom stereocenters. The minimum absolute atomic E-state index is 0.491. The highest BCUT2D eigenvalue weighted by Gasteiger charge is 2.07. The minimum atomic E-state index is 0.491. The van der Waals surface area contributed by atoms with E-state index < -0.39 is 0 Å². The zero-order valence-corrected chi connectivity index (χ0v) is 12.5. The third-order valence-corrected chi connectivity index (χ3v) is 3.65. The Labute approximate surface area is 112 Å². The number of benzene rings is 1. The van der Waals surface area contributed by atoms with Crippen molar-refractivity contribution in [1.82, 2.24) is 0 Å². The number of rotatable bonds is 5. The van der Waals surface area contributed by atoms with Crippen LogP contribution in [0.15, 0.2) is 48.1 Å². The quantitative estimate of drug-likeness (QED) is 0.612. The first-order valence-electron chi connectivity index (χ1n) is 6.79. The highest BCUT2D eigenvalue weighted by molar-refractivity contribution is 5.23. The van der Waals surface area contributed by atoms with E-state index in [0.717, 1.165) is 6.42 Å². The van der Waals surface area contributed by atoms with Crippen LogP contribution < -0.4 is 0 Å².